The lowest BCUT2D eigenvalue weighted by Crippen LogP contribution is -2.36. The molecule has 1 aliphatic heterocycles. The molecule has 14 heavy (non-hydrogen) atoms. The number of hydrogen-bond acceptors (Lipinski definition) is 4. The summed E-state index contributed by atoms with van der Waals surface area (Å²) in [4.78, 5) is 32.5. The predicted octanol–water partition coefficient (Wildman–Crippen LogP) is -0.824. The molecule has 1 fully saturated rings. The molecule has 1 atom stereocenters. The summed E-state index contributed by atoms with van der Waals surface area (Å²) in [5.41, 5.74) is 4.80. The van der Waals surface area contributed by atoms with Crippen molar-refractivity contribution in [2.75, 3.05) is 5.75 Å². The van der Waals surface area contributed by atoms with Gasteiger partial charge in [0.15, 0.2) is 0 Å². The first-order valence-electron chi connectivity index (χ1n) is 4.04. The van der Waals surface area contributed by atoms with E-state index in [1.54, 1.807) is 0 Å². The molecule has 0 aromatic heterocycles. The highest BCUT2D eigenvalue weighted by Crippen LogP contribution is 2.19. The molecule has 0 radical (unpaired) electrons. The van der Waals surface area contributed by atoms with Crippen LogP contribution in [0.15, 0.2) is 12.2 Å². The summed E-state index contributed by atoms with van der Waals surface area (Å²) in [6.45, 7) is 0. The molecule has 0 spiro atoms. The van der Waals surface area contributed by atoms with Crippen LogP contribution in [0.4, 0.5) is 0 Å². The standard InChI is InChI=1S/C8H10N2O3S/c9-6(11)1-2-7(12)10-5-3-4-14-8(5)13/h1-2,5H,3-4H2,(H2,9,11)(H,10,12)/b2-1-/t5-/m0/s1. The first-order valence-corrected chi connectivity index (χ1v) is 5.03. The van der Waals surface area contributed by atoms with Gasteiger partial charge in [0, 0.05) is 17.9 Å². The van der Waals surface area contributed by atoms with E-state index in [1.807, 2.05) is 0 Å². The summed E-state index contributed by atoms with van der Waals surface area (Å²) < 4.78 is 0. The predicted molar refractivity (Wildman–Crippen MR) is 52.3 cm³/mol. The van der Waals surface area contributed by atoms with Crippen LogP contribution in [-0.2, 0) is 14.4 Å². The summed E-state index contributed by atoms with van der Waals surface area (Å²) >= 11 is 1.20. The van der Waals surface area contributed by atoms with E-state index in [0.29, 0.717) is 6.42 Å². The SMILES string of the molecule is NC(=O)/C=C\C(=O)N[C@H]1CCSC1=O. The van der Waals surface area contributed by atoms with Crippen LogP contribution in [0.2, 0.25) is 0 Å². The number of amides is 2. The van der Waals surface area contributed by atoms with E-state index in [2.05, 4.69) is 5.32 Å². The van der Waals surface area contributed by atoms with Gasteiger partial charge in [-0.25, -0.2) is 0 Å². The molecule has 1 rings (SSSR count). The highest BCUT2D eigenvalue weighted by atomic mass is 32.2. The Morgan fingerprint density at radius 1 is 1.50 bits per heavy atom. The number of nitrogens with two attached hydrogens (primary N) is 1. The summed E-state index contributed by atoms with van der Waals surface area (Å²) in [5, 5.41) is 2.44. The summed E-state index contributed by atoms with van der Waals surface area (Å²) in [7, 11) is 0. The fraction of sp³-hybridized carbons (Fsp3) is 0.375. The second kappa shape index (κ2) is 4.80. The molecule has 0 aromatic carbocycles. The minimum Gasteiger partial charge on any atom is -0.366 e. The first kappa shape index (κ1) is 10.8. The maximum atomic E-state index is 11.1. The van der Waals surface area contributed by atoms with E-state index in [4.69, 9.17) is 5.73 Å². The van der Waals surface area contributed by atoms with E-state index in [1.165, 1.54) is 11.8 Å². The molecular weight excluding hydrogens is 204 g/mol. The molecule has 76 valence electrons. The largest absolute Gasteiger partial charge is 0.366 e. The number of primary amides is 1. The van der Waals surface area contributed by atoms with Crippen molar-refractivity contribution in [3.05, 3.63) is 12.2 Å². The lowest BCUT2D eigenvalue weighted by atomic mass is 10.2. The van der Waals surface area contributed by atoms with Gasteiger partial charge < -0.3 is 11.1 Å². The smallest absolute Gasteiger partial charge is 0.244 e. The van der Waals surface area contributed by atoms with E-state index >= 15 is 0 Å². The number of rotatable bonds is 3. The Morgan fingerprint density at radius 2 is 2.21 bits per heavy atom. The molecule has 5 nitrogen and oxygen atoms in total. The second-order valence-corrected chi connectivity index (χ2v) is 3.85. The van der Waals surface area contributed by atoms with Crippen molar-refractivity contribution in [1.82, 2.24) is 5.32 Å². The lowest BCUT2D eigenvalue weighted by molar-refractivity contribution is -0.121. The van der Waals surface area contributed by atoms with Crippen molar-refractivity contribution >= 4 is 28.7 Å². The summed E-state index contributed by atoms with van der Waals surface area (Å²) in [6.07, 6.45) is 2.63. The third-order valence-corrected chi connectivity index (χ3v) is 2.66. The van der Waals surface area contributed by atoms with Crippen LogP contribution in [0.3, 0.4) is 0 Å². The second-order valence-electron chi connectivity index (χ2n) is 2.75. The van der Waals surface area contributed by atoms with E-state index in [0.717, 1.165) is 17.9 Å². The Hall–Kier alpha value is -1.30. The van der Waals surface area contributed by atoms with Crippen molar-refractivity contribution in [2.24, 2.45) is 5.73 Å². The van der Waals surface area contributed by atoms with Gasteiger partial charge in [-0.2, -0.15) is 0 Å². The molecule has 3 N–H and O–H groups in total. The molecule has 0 aromatic rings. The number of nitrogens with one attached hydrogen (secondary N) is 1. The minimum absolute atomic E-state index is 0.0363. The number of carbonyl (C=O) groups is 3. The molecule has 1 saturated heterocycles. The molecule has 2 amide bonds. The molecule has 6 heteroatoms. The maximum Gasteiger partial charge on any atom is 0.244 e. The topological polar surface area (TPSA) is 89.3 Å². The van der Waals surface area contributed by atoms with Gasteiger partial charge in [0.25, 0.3) is 0 Å². The van der Waals surface area contributed by atoms with Gasteiger partial charge in [-0.15, -0.1) is 0 Å². The van der Waals surface area contributed by atoms with Gasteiger partial charge in [-0.1, -0.05) is 11.8 Å². The molecule has 1 aliphatic rings. The Labute approximate surface area is 85.1 Å². The minimum atomic E-state index is -0.688. The highest BCUT2D eigenvalue weighted by molar-refractivity contribution is 8.14. The van der Waals surface area contributed by atoms with Crippen LogP contribution in [0.5, 0.6) is 0 Å². The van der Waals surface area contributed by atoms with Gasteiger partial charge in [0.05, 0.1) is 6.04 Å². The average molecular weight is 214 g/mol. The van der Waals surface area contributed by atoms with Crippen LogP contribution >= 0.6 is 11.8 Å². The van der Waals surface area contributed by atoms with Gasteiger partial charge >= 0.3 is 0 Å². The number of carbonyl (C=O) groups excluding carboxylic acids is 3. The Morgan fingerprint density at radius 3 is 2.71 bits per heavy atom. The van der Waals surface area contributed by atoms with Gasteiger partial charge in [-0.05, 0) is 6.42 Å². The van der Waals surface area contributed by atoms with Crippen molar-refractivity contribution < 1.29 is 14.4 Å². The zero-order valence-electron chi connectivity index (χ0n) is 7.36. The van der Waals surface area contributed by atoms with Crippen molar-refractivity contribution in [3.8, 4) is 0 Å². The molecular formula is C8H10N2O3S. The fourth-order valence-electron chi connectivity index (χ4n) is 1.00. The van der Waals surface area contributed by atoms with Crippen LogP contribution in [-0.4, -0.2) is 28.7 Å². The first-order chi connectivity index (χ1) is 6.59. The molecule has 0 unspecified atom stereocenters. The Bertz CT molecular complexity index is 301. The van der Waals surface area contributed by atoms with Crippen molar-refractivity contribution in [3.63, 3.8) is 0 Å². The van der Waals surface area contributed by atoms with Crippen LogP contribution < -0.4 is 11.1 Å². The van der Waals surface area contributed by atoms with Crippen LogP contribution in [0, 0.1) is 0 Å². The zero-order valence-corrected chi connectivity index (χ0v) is 8.17. The van der Waals surface area contributed by atoms with E-state index in [-0.39, 0.29) is 5.12 Å². The van der Waals surface area contributed by atoms with Crippen LogP contribution in [0.25, 0.3) is 0 Å². The zero-order chi connectivity index (χ0) is 10.6. The third kappa shape index (κ3) is 3.21. The normalized spacial score (nSPS) is 21.4. The molecule has 0 bridgehead atoms. The van der Waals surface area contributed by atoms with E-state index in [9.17, 15) is 14.4 Å². The molecule has 0 saturated carbocycles. The fourth-order valence-corrected chi connectivity index (χ4v) is 1.94. The van der Waals surface area contributed by atoms with E-state index < -0.39 is 17.9 Å². The average Bonchev–Trinajstić information content (AvgIpc) is 2.49. The number of thioether (sulfide) groups is 1. The molecule has 1 heterocycles. The maximum absolute atomic E-state index is 11.1. The summed E-state index contributed by atoms with van der Waals surface area (Å²) in [6, 6.07) is -0.426. The summed E-state index contributed by atoms with van der Waals surface area (Å²) in [5.74, 6) is -0.430. The highest BCUT2D eigenvalue weighted by Gasteiger charge is 2.25. The third-order valence-electron chi connectivity index (χ3n) is 1.65. The van der Waals surface area contributed by atoms with Gasteiger partial charge in [0.1, 0.15) is 0 Å². The quantitative estimate of drug-likeness (QED) is 0.600. The van der Waals surface area contributed by atoms with Gasteiger partial charge in [-0.3, -0.25) is 14.4 Å². The van der Waals surface area contributed by atoms with Crippen molar-refractivity contribution in [2.45, 2.75) is 12.5 Å². The Balaban J connectivity index is 2.40. The van der Waals surface area contributed by atoms with Gasteiger partial charge in [0.2, 0.25) is 16.9 Å². The molecule has 0 aliphatic carbocycles. The monoisotopic (exact) mass is 214 g/mol. The van der Waals surface area contributed by atoms with Crippen molar-refractivity contribution in [1.29, 1.82) is 0 Å². The number of hydrogen-bond donors (Lipinski definition) is 2. The Kier molecular flexibility index (Phi) is 3.70. The lowest BCUT2D eigenvalue weighted by Gasteiger charge is -2.06. The van der Waals surface area contributed by atoms with Crippen LogP contribution in [0.1, 0.15) is 6.42 Å².